The van der Waals surface area contributed by atoms with Crippen LogP contribution in [0.25, 0.3) is 39.1 Å². The van der Waals surface area contributed by atoms with Crippen molar-refractivity contribution < 1.29 is 97.4 Å². The molecule has 37 heteroatoms. The first-order chi connectivity index (χ1) is 65.0. The third-order valence-corrected chi connectivity index (χ3v) is 32.0. The summed E-state index contributed by atoms with van der Waals surface area (Å²) >= 11 is 0. The number of rotatable bonds is 35. The molecule has 1 unspecified atom stereocenters. The molecule has 1 atom stereocenters. The summed E-state index contributed by atoms with van der Waals surface area (Å²) in [7, 11) is -19.3. The second-order valence-corrected chi connectivity index (χ2v) is 44.3. The number of fused-ring (bicyclic) bond motifs is 6. The first kappa shape index (κ1) is 97.6. The van der Waals surface area contributed by atoms with E-state index in [9.17, 15) is 66.5 Å². The number of nitrogens with two attached hydrogens (primary N) is 1. The van der Waals surface area contributed by atoms with E-state index in [1.165, 1.54) is 63.8 Å². The topological polar surface area (TPSA) is 419 Å². The van der Waals surface area contributed by atoms with Gasteiger partial charge in [0.15, 0.2) is 45.3 Å². The van der Waals surface area contributed by atoms with Gasteiger partial charge in [0.2, 0.25) is 32.7 Å². The maximum Gasteiger partial charge on any atom is 0.294 e. The molecule has 2 amide bonds. The van der Waals surface area contributed by atoms with Crippen LogP contribution in [0.3, 0.4) is 0 Å². The number of aromatic nitrogens is 3. The third-order valence-electron chi connectivity index (χ3n) is 26.4. The van der Waals surface area contributed by atoms with Crippen LogP contribution in [-0.4, -0.2) is 174 Å². The number of carbonyl (C=O) groups is 4. The number of unbranched alkanes of at least 4 members (excludes halogenated alkanes) is 3. The number of allylic oxidation sites excluding steroid dienone is 6. The molecule has 16 rings (SSSR count). The van der Waals surface area contributed by atoms with Gasteiger partial charge in [-0.2, -0.15) is 38.7 Å². The number of ketones is 2. The van der Waals surface area contributed by atoms with Crippen molar-refractivity contribution in [2.45, 2.75) is 165 Å². The number of sulfone groups is 1. The highest BCUT2D eigenvalue weighted by Gasteiger charge is 2.45. The van der Waals surface area contributed by atoms with E-state index in [1.54, 1.807) is 72.9 Å². The highest BCUT2D eigenvalue weighted by Crippen LogP contribution is 2.51. The molecule has 6 aliphatic heterocycles. The molecule has 9 aromatic rings. The monoisotopic (exact) mass is 1960 g/mol. The number of aryl methyl sites for hydroxylation is 1. The van der Waals surface area contributed by atoms with Gasteiger partial charge in [-0.1, -0.05) is 68.0 Å². The number of nitrogens with zero attached hydrogens (tertiary/aromatic N) is 8. The number of benzene rings is 9. The van der Waals surface area contributed by atoms with Crippen molar-refractivity contribution in [1.29, 1.82) is 0 Å². The first-order valence-corrected chi connectivity index (χ1v) is 52.8. The average Bonchev–Trinajstić information content (AvgIpc) is 1.73. The third kappa shape index (κ3) is 20.8. The fourth-order valence-electron chi connectivity index (χ4n) is 19.2. The van der Waals surface area contributed by atoms with Crippen LogP contribution in [0.1, 0.15) is 142 Å². The zero-order chi connectivity index (χ0) is 97.6. The second kappa shape index (κ2) is 39.2. The van der Waals surface area contributed by atoms with Crippen LogP contribution in [0, 0.1) is 17.6 Å². The molecule has 30 nitrogen and oxygen atoms in total. The largest absolute Gasteiger partial charge is 0.480 e. The zero-order valence-corrected chi connectivity index (χ0v) is 80.2. The summed E-state index contributed by atoms with van der Waals surface area (Å²) in [5.41, 5.74) is 16.4. The number of nitrogens with one attached hydrogen (secondary N) is 2. The van der Waals surface area contributed by atoms with Gasteiger partial charge >= 0.3 is 0 Å². The predicted octanol–water partition coefficient (Wildman–Crippen LogP) is 14.1. The van der Waals surface area contributed by atoms with E-state index in [0.29, 0.717) is 138 Å². The molecule has 7 heterocycles. The van der Waals surface area contributed by atoms with Crippen LogP contribution in [-0.2, 0) is 101 Å². The quantitative estimate of drug-likeness (QED) is 0.00706. The van der Waals surface area contributed by atoms with Gasteiger partial charge in [0.1, 0.15) is 36.5 Å². The molecular formula is C100H105F2N11O19S5+2. The number of piperidine rings is 1. The van der Waals surface area contributed by atoms with Gasteiger partial charge in [-0.3, -0.25) is 32.8 Å². The number of halogens is 2. The van der Waals surface area contributed by atoms with E-state index in [4.69, 9.17) is 14.9 Å². The maximum atomic E-state index is 15.9. The standard InChI is InChI=1S/C100H103F2N11O19S5/c1-99(2)79-59-75(137(128,129)130)34-39-86(79)108(5)93(99)26-9-7-10-27-94-100(3,4)80-58-72(133(6,118)119)31-40-87(80)112(94)46-16-8-11-28-95(116)104-60-68-61-113(107-106-68)71-21-18-20-67(53-71)98(117)105-83(23-14-15-45-103)89(115)62-131-97-81(101)51-63(52-82(97)102)19-17-24-88(114)64-41-47-109(48-42-64)134(120,121)92-25-13-12-22-78(92)96-76-35-29-69(110-49-43-65-54-73(135(122,123)124)32-37-84(65)110)56-90(76)132-91-57-70(30-36-77(91)96)111-50-44-66-55-74(136(125,126)127)33-38-85(66)111/h7,9-10,12-13,18,20-22,25-27,29-40,51-59,61,64,83H,8,11,14-17,19,23-24,28,41-50,60,62,103H2,1-6H3,(H3-2,104,105,116,117,122,123,124,125,126,127,128,129,130)/p+2. The van der Waals surface area contributed by atoms with Crippen LogP contribution in [0.15, 0.2) is 241 Å². The summed E-state index contributed by atoms with van der Waals surface area (Å²) in [5.74, 6) is -4.79. The minimum atomic E-state index is -4.47. The lowest BCUT2D eigenvalue weighted by atomic mass is 9.81. The van der Waals surface area contributed by atoms with Crippen LogP contribution in [0.2, 0.25) is 0 Å². The van der Waals surface area contributed by atoms with Gasteiger partial charge in [0.25, 0.3) is 36.3 Å². The lowest BCUT2D eigenvalue weighted by molar-refractivity contribution is -0.401. The van der Waals surface area contributed by atoms with Crippen LogP contribution in [0.5, 0.6) is 5.75 Å². The Labute approximate surface area is 793 Å². The maximum absolute atomic E-state index is 15.9. The van der Waals surface area contributed by atoms with Crippen molar-refractivity contribution in [3.63, 3.8) is 0 Å². The Morgan fingerprint density at radius 2 is 1.35 bits per heavy atom. The van der Waals surface area contributed by atoms with E-state index < -0.39 is 109 Å². The molecule has 1 fully saturated rings. The van der Waals surface area contributed by atoms with Gasteiger partial charge < -0.3 is 35.3 Å². The number of carbonyl (C=O) groups excluding carboxylic acids is 4. The highest BCUT2D eigenvalue weighted by atomic mass is 32.2. The highest BCUT2D eigenvalue weighted by molar-refractivity contribution is 7.90. The fraction of sp³-hybridized carbons (Fsp3) is 0.320. The lowest BCUT2D eigenvalue weighted by Crippen LogP contribution is -2.43. The van der Waals surface area contributed by atoms with E-state index >= 15 is 17.2 Å². The number of ether oxygens (including phenoxy) is 1. The molecule has 0 bridgehead atoms. The lowest BCUT2D eigenvalue weighted by Gasteiger charge is -2.31. The van der Waals surface area contributed by atoms with E-state index in [1.807, 2.05) is 122 Å². The molecule has 1 saturated heterocycles. The van der Waals surface area contributed by atoms with Crippen LogP contribution >= 0.6 is 0 Å². The molecule has 1 aromatic heterocycles. The van der Waals surface area contributed by atoms with E-state index in [0.717, 1.165) is 57.4 Å². The molecule has 137 heavy (non-hydrogen) atoms. The van der Waals surface area contributed by atoms with Crippen molar-refractivity contribution >= 4 is 119 Å². The number of anilines is 3. The Morgan fingerprint density at radius 1 is 0.657 bits per heavy atom. The summed E-state index contributed by atoms with van der Waals surface area (Å²) in [5, 5.41) is 15.4. The molecular weight excluding hydrogens is 1860 g/mol. The molecule has 716 valence electrons. The van der Waals surface area contributed by atoms with E-state index in [2.05, 4.69) is 25.8 Å². The molecule has 1 aliphatic carbocycles. The SMILES string of the molecule is C[N+]1=C(/C=C/C=C/C=C2\N(CCCCCC(=O)NCc3cn(-c4cccc(C(=O)NC(CCCCN)C(=O)COc5c(F)cc(CCCC(=O)C6CCN(S(=O)(=O)c7ccccc7-c7c8ccc(=[N+]9CCc%10cc(S(=O)(=O)O)ccc%109)cc-8oc8cc(N9CCc%10cc(S(=O)(=O)O)ccc%109)ccc78)CC6)cc5F)c4)nn3)c3ccc(S(C)(=O)=O)cc3C2(C)C)C(C)(C)c2cc(S(=O)(=O)O)ccc21. The Morgan fingerprint density at radius 3 is 2.08 bits per heavy atom. The number of Topliss-reactive ketones (excluding diaryl/α,β-unsaturated/α-hetero) is 2. The molecule has 0 spiro atoms. The summed E-state index contributed by atoms with van der Waals surface area (Å²) < 4.78 is 209. The summed E-state index contributed by atoms with van der Waals surface area (Å²) in [4.78, 5) is 58.9. The Hall–Kier alpha value is -12.4. The molecule has 0 radical (unpaired) electrons. The van der Waals surface area contributed by atoms with Crippen molar-refractivity contribution in [1.82, 2.24) is 34.5 Å². The number of hydrogen-bond donors (Lipinski definition) is 6. The van der Waals surface area contributed by atoms with Crippen molar-refractivity contribution in [2.75, 3.05) is 69.0 Å². The van der Waals surface area contributed by atoms with Crippen molar-refractivity contribution in [3.8, 4) is 33.9 Å². The number of sulfonamides is 1. The Bertz CT molecular complexity index is 7490. The first-order valence-electron chi connectivity index (χ1n) is 45.1. The number of hydrogen-bond acceptors (Lipinski definition) is 21. The minimum absolute atomic E-state index is 0.00207. The Balaban J connectivity index is 0.505. The van der Waals surface area contributed by atoms with Gasteiger partial charge in [0, 0.05) is 155 Å². The van der Waals surface area contributed by atoms with E-state index in [-0.39, 0.29) is 112 Å². The Kier molecular flexibility index (Phi) is 28.0. The smallest absolute Gasteiger partial charge is 0.294 e. The predicted molar refractivity (Wildman–Crippen MR) is 514 cm³/mol. The molecule has 0 saturated carbocycles. The normalized spacial score (nSPS) is 16.6. The minimum Gasteiger partial charge on any atom is -0.480 e. The van der Waals surface area contributed by atoms with Crippen molar-refractivity contribution in [3.05, 3.63) is 268 Å². The molecule has 8 aromatic carbocycles. The molecule has 7 N–H and O–H groups in total. The second-order valence-electron chi connectivity index (χ2n) is 36.2. The summed E-state index contributed by atoms with van der Waals surface area (Å²) in [6.45, 7) is 9.11. The van der Waals surface area contributed by atoms with Crippen LogP contribution < -0.4 is 40.8 Å². The number of amides is 2. The molecule has 7 aliphatic rings. The zero-order valence-electron chi connectivity index (χ0n) is 76.2. The summed E-state index contributed by atoms with van der Waals surface area (Å²) in [6.07, 6.45) is 17.3. The summed E-state index contributed by atoms with van der Waals surface area (Å²) in [6, 6.07) is 43.6. The van der Waals surface area contributed by atoms with Gasteiger partial charge in [-0.05, 0) is 223 Å². The fourth-order valence-corrected chi connectivity index (χ4v) is 23.1. The van der Waals surface area contributed by atoms with Gasteiger partial charge in [-0.15, -0.1) is 5.10 Å². The van der Waals surface area contributed by atoms with Gasteiger partial charge in [0.05, 0.1) is 60.4 Å². The van der Waals surface area contributed by atoms with Crippen molar-refractivity contribution in [2.24, 2.45) is 11.7 Å². The van der Waals surface area contributed by atoms with Gasteiger partial charge in [-0.25, -0.2) is 30.3 Å². The average molecular weight is 1960 g/mol. The van der Waals surface area contributed by atoms with Crippen LogP contribution in [0.4, 0.5) is 37.2 Å².